The van der Waals surface area contributed by atoms with Crippen molar-refractivity contribution >= 4 is 0 Å². The first-order valence-corrected chi connectivity index (χ1v) is 6.10. The third-order valence-corrected chi connectivity index (χ3v) is 3.40. The smallest absolute Gasteiger partial charge is 0.0433 e. The minimum Gasteiger partial charge on any atom is -0.396 e. The van der Waals surface area contributed by atoms with E-state index in [0.29, 0.717) is 6.61 Å². The van der Waals surface area contributed by atoms with Gasteiger partial charge in [0.15, 0.2) is 0 Å². The van der Waals surface area contributed by atoms with Gasteiger partial charge in [-0.1, -0.05) is 0 Å². The number of hydrogen-bond donors (Lipinski definition) is 1. The van der Waals surface area contributed by atoms with Crippen molar-refractivity contribution in [1.29, 1.82) is 0 Å². The molecule has 1 aliphatic rings. The van der Waals surface area contributed by atoms with Gasteiger partial charge in [-0.05, 0) is 56.0 Å². The average Bonchev–Trinajstić information content (AvgIpc) is 2.33. The van der Waals surface area contributed by atoms with Crippen LogP contribution in [0.25, 0.3) is 0 Å². The molecule has 0 aliphatic carbocycles. The first-order chi connectivity index (χ1) is 7.88. The second kappa shape index (κ2) is 5.97. The van der Waals surface area contributed by atoms with Crippen molar-refractivity contribution in [2.24, 2.45) is 5.92 Å². The quantitative estimate of drug-likeness (QED) is 0.838. The van der Waals surface area contributed by atoms with Crippen LogP contribution in [0.4, 0.5) is 0 Å². The number of pyridine rings is 1. The van der Waals surface area contributed by atoms with E-state index < -0.39 is 0 Å². The SMILES string of the molecule is OCCC1CCN(Cc2ccncc2)CC1. The number of nitrogens with zero attached hydrogens (tertiary/aromatic N) is 2. The lowest BCUT2D eigenvalue weighted by Gasteiger charge is -2.31. The third-order valence-electron chi connectivity index (χ3n) is 3.40. The molecule has 0 bridgehead atoms. The summed E-state index contributed by atoms with van der Waals surface area (Å²) in [6.07, 6.45) is 7.14. The lowest BCUT2D eigenvalue weighted by atomic mass is 9.94. The summed E-state index contributed by atoms with van der Waals surface area (Å²) in [6, 6.07) is 4.17. The van der Waals surface area contributed by atoms with Crippen LogP contribution in [-0.2, 0) is 6.54 Å². The number of piperidine rings is 1. The fourth-order valence-corrected chi connectivity index (χ4v) is 2.36. The second-order valence-corrected chi connectivity index (χ2v) is 4.59. The van der Waals surface area contributed by atoms with E-state index in [9.17, 15) is 0 Å². The van der Waals surface area contributed by atoms with E-state index in [1.807, 2.05) is 12.4 Å². The highest BCUT2D eigenvalue weighted by molar-refractivity contribution is 5.09. The van der Waals surface area contributed by atoms with Gasteiger partial charge in [0.1, 0.15) is 0 Å². The highest BCUT2D eigenvalue weighted by Crippen LogP contribution is 2.21. The summed E-state index contributed by atoms with van der Waals surface area (Å²) in [7, 11) is 0. The van der Waals surface area contributed by atoms with Gasteiger partial charge in [0.2, 0.25) is 0 Å². The van der Waals surface area contributed by atoms with Crippen LogP contribution >= 0.6 is 0 Å². The number of rotatable bonds is 4. The van der Waals surface area contributed by atoms with Crippen molar-refractivity contribution in [2.75, 3.05) is 19.7 Å². The fraction of sp³-hybridized carbons (Fsp3) is 0.615. The molecule has 1 aromatic heterocycles. The Kier molecular flexibility index (Phi) is 4.31. The summed E-state index contributed by atoms with van der Waals surface area (Å²) < 4.78 is 0. The van der Waals surface area contributed by atoms with Gasteiger partial charge in [-0.15, -0.1) is 0 Å². The summed E-state index contributed by atoms with van der Waals surface area (Å²) in [5.74, 6) is 0.735. The highest BCUT2D eigenvalue weighted by atomic mass is 16.3. The van der Waals surface area contributed by atoms with Gasteiger partial charge in [0.25, 0.3) is 0 Å². The molecule has 0 unspecified atom stereocenters. The van der Waals surface area contributed by atoms with Crippen LogP contribution in [0.1, 0.15) is 24.8 Å². The lowest BCUT2D eigenvalue weighted by molar-refractivity contribution is 0.153. The Morgan fingerprint density at radius 2 is 1.94 bits per heavy atom. The van der Waals surface area contributed by atoms with E-state index in [1.54, 1.807) is 0 Å². The van der Waals surface area contributed by atoms with Crippen LogP contribution in [0.5, 0.6) is 0 Å². The molecular formula is C13H20N2O. The van der Waals surface area contributed by atoms with E-state index in [0.717, 1.165) is 32.0 Å². The van der Waals surface area contributed by atoms with E-state index in [1.165, 1.54) is 18.4 Å². The molecule has 16 heavy (non-hydrogen) atoms. The lowest BCUT2D eigenvalue weighted by Crippen LogP contribution is -2.33. The molecule has 1 fully saturated rings. The molecule has 0 saturated carbocycles. The maximum absolute atomic E-state index is 8.90. The Bertz CT molecular complexity index is 294. The summed E-state index contributed by atoms with van der Waals surface area (Å²) in [5.41, 5.74) is 1.34. The van der Waals surface area contributed by atoms with Gasteiger partial charge < -0.3 is 5.11 Å². The van der Waals surface area contributed by atoms with E-state index in [-0.39, 0.29) is 0 Å². The molecule has 1 aromatic rings. The molecule has 3 nitrogen and oxygen atoms in total. The topological polar surface area (TPSA) is 36.4 Å². The number of aromatic nitrogens is 1. The van der Waals surface area contributed by atoms with Crippen LogP contribution in [0, 0.1) is 5.92 Å². The normalized spacial score (nSPS) is 18.8. The molecule has 2 rings (SSSR count). The molecule has 0 radical (unpaired) electrons. The van der Waals surface area contributed by atoms with Gasteiger partial charge in [0.05, 0.1) is 0 Å². The summed E-state index contributed by atoms with van der Waals surface area (Å²) in [6.45, 7) is 3.70. The zero-order chi connectivity index (χ0) is 11.2. The van der Waals surface area contributed by atoms with Crippen LogP contribution in [-0.4, -0.2) is 34.7 Å². The monoisotopic (exact) mass is 220 g/mol. The molecule has 1 aliphatic heterocycles. The van der Waals surface area contributed by atoms with Crippen molar-refractivity contribution in [1.82, 2.24) is 9.88 Å². The number of aliphatic hydroxyl groups excluding tert-OH is 1. The summed E-state index contributed by atoms with van der Waals surface area (Å²) in [4.78, 5) is 6.52. The van der Waals surface area contributed by atoms with Gasteiger partial charge in [-0.2, -0.15) is 0 Å². The predicted octanol–water partition coefficient (Wildman–Crippen LogP) is 1.68. The van der Waals surface area contributed by atoms with Crippen molar-refractivity contribution < 1.29 is 5.11 Å². The Morgan fingerprint density at radius 1 is 1.25 bits per heavy atom. The molecule has 3 heteroatoms. The first kappa shape index (κ1) is 11.6. The van der Waals surface area contributed by atoms with Crippen molar-refractivity contribution in [2.45, 2.75) is 25.8 Å². The van der Waals surface area contributed by atoms with E-state index in [4.69, 9.17) is 5.11 Å². The molecule has 2 heterocycles. The molecule has 0 atom stereocenters. The summed E-state index contributed by atoms with van der Waals surface area (Å²) >= 11 is 0. The molecule has 1 N–H and O–H groups in total. The molecule has 0 aromatic carbocycles. The zero-order valence-corrected chi connectivity index (χ0v) is 9.68. The van der Waals surface area contributed by atoms with Crippen molar-refractivity contribution in [3.05, 3.63) is 30.1 Å². The minimum atomic E-state index is 0.342. The summed E-state index contributed by atoms with van der Waals surface area (Å²) in [5, 5.41) is 8.90. The maximum atomic E-state index is 8.90. The molecule has 88 valence electrons. The van der Waals surface area contributed by atoms with Crippen LogP contribution in [0.3, 0.4) is 0 Å². The largest absolute Gasteiger partial charge is 0.396 e. The van der Waals surface area contributed by atoms with Gasteiger partial charge >= 0.3 is 0 Å². The Morgan fingerprint density at radius 3 is 2.56 bits per heavy atom. The van der Waals surface area contributed by atoms with Crippen LogP contribution in [0.2, 0.25) is 0 Å². The molecule has 0 amide bonds. The van der Waals surface area contributed by atoms with Gasteiger partial charge in [0, 0.05) is 25.5 Å². The third kappa shape index (κ3) is 3.29. The average molecular weight is 220 g/mol. The molecular weight excluding hydrogens is 200 g/mol. The number of hydrogen-bond acceptors (Lipinski definition) is 3. The highest BCUT2D eigenvalue weighted by Gasteiger charge is 2.18. The predicted molar refractivity (Wildman–Crippen MR) is 63.9 cm³/mol. The van der Waals surface area contributed by atoms with Crippen LogP contribution in [0.15, 0.2) is 24.5 Å². The van der Waals surface area contributed by atoms with Crippen molar-refractivity contribution in [3.63, 3.8) is 0 Å². The fourth-order valence-electron chi connectivity index (χ4n) is 2.36. The second-order valence-electron chi connectivity index (χ2n) is 4.59. The first-order valence-electron chi connectivity index (χ1n) is 6.10. The zero-order valence-electron chi connectivity index (χ0n) is 9.68. The Hall–Kier alpha value is -0.930. The number of likely N-dealkylation sites (tertiary alicyclic amines) is 1. The Labute approximate surface area is 97.1 Å². The molecule has 1 saturated heterocycles. The van der Waals surface area contributed by atoms with Crippen molar-refractivity contribution in [3.8, 4) is 0 Å². The minimum absolute atomic E-state index is 0.342. The standard InChI is InChI=1S/C13H20N2O/c16-10-5-12-3-8-15(9-4-12)11-13-1-6-14-7-2-13/h1-2,6-7,12,16H,3-5,8-11H2. The van der Waals surface area contributed by atoms with E-state index >= 15 is 0 Å². The van der Waals surface area contributed by atoms with Gasteiger partial charge in [-0.3, -0.25) is 9.88 Å². The van der Waals surface area contributed by atoms with Gasteiger partial charge in [-0.25, -0.2) is 0 Å². The maximum Gasteiger partial charge on any atom is 0.0433 e. The molecule has 0 spiro atoms. The Balaban J connectivity index is 1.77. The number of aliphatic hydroxyl groups is 1. The van der Waals surface area contributed by atoms with E-state index in [2.05, 4.69) is 22.0 Å². The van der Waals surface area contributed by atoms with Crippen LogP contribution < -0.4 is 0 Å².